The quantitative estimate of drug-likeness (QED) is 0.598. The molecule has 0 radical (unpaired) electrons. The van der Waals surface area contributed by atoms with Gasteiger partial charge < -0.3 is 5.32 Å². The largest absolute Gasteiger partial charge is 0.350 e. The van der Waals surface area contributed by atoms with Gasteiger partial charge in [-0.15, -0.1) is 0 Å². The van der Waals surface area contributed by atoms with E-state index in [1.807, 2.05) is 68.4 Å². The van der Waals surface area contributed by atoms with E-state index in [0.717, 1.165) is 16.8 Å². The van der Waals surface area contributed by atoms with Crippen LogP contribution in [0.1, 0.15) is 16.7 Å². The molecule has 29 heavy (non-hydrogen) atoms. The van der Waals surface area contributed by atoms with Gasteiger partial charge in [0.25, 0.3) is 11.8 Å². The maximum Gasteiger partial charge on any atom is 0.282 e. The van der Waals surface area contributed by atoms with E-state index in [1.54, 1.807) is 18.2 Å². The van der Waals surface area contributed by atoms with Crippen molar-refractivity contribution in [2.75, 3.05) is 10.2 Å². The summed E-state index contributed by atoms with van der Waals surface area (Å²) in [6.07, 6.45) is 0. The predicted octanol–water partition coefficient (Wildman–Crippen LogP) is 5.35. The fourth-order valence-corrected chi connectivity index (χ4v) is 3.57. The Hall–Kier alpha value is -3.37. The summed E-state index contributed by atoms with van der Waals surface area (Å²) in [5.41, 5.74) is 4.33. The Morgan fingerprint density at radius 1 is 0.793 bits per heavy atom. The van der Waals surface area contributed by atoms with Crippen molar-refractivity contribution in [2.24, 2.45) is 0 Å². The minimum absolute atomic E-state index is 0.259. The summed E-state index contributed by atoms with van der Waals surface area (Å²) in [7, 11) is 0. The van der Waals surface area contributed by atoms with Crippen LogP contribution in [0.15, 0.2) is 78.5 Å². The van der Waals surface area contributed by atoms with Crippen molar-refractivity contribution in [2.45, 2.75) is 13.8 Å². The van der Waals surface area contributed by atoms with Gasteiger partial charge in [0, 0.05) is 10.7 Å². The lowest BCUT2D eigenvalue weighted by Crippen LogP contribution is -2.33. The van der Waals surface area contributed by atoms with E-state index in [2.05, 4.69) is 5.32 Å². The number of rotatable bonds is 4. The SMILES string of the molecule is Cc1ccccc1NC1=C(c2ccccc2)C(=O)N(c2cc(Cl)ccc2C)C1=O. The molecule has 1 heterocycles. The molecular formula is C24H19ClN2O2. The number of imide groups is 1. The molecule has 0 atom stereocenters. The van der Waals surface area contributed by atoms with Crippen molar-refractivity contribution in [1.29, 1.82) is 0 Å². The molecule has 0 spiro atoms. The number of nitrogens with one attached hydrogen (secondary N) is 1. The maximum absolute atomic E-state index is 13.4. The molecule has 0 fully saturated rings. The number of anilines is 2. The van der Waals surface area contributed by atoms with Gasteiger partial charge in [0.15, 0.2) is 0 Å². The number of hydrogen-bond donors (Lipinski definition) is 1. The van der Waals surface area contributed by atoms with Gasteiger partial charge in [-0.1, -0.05) is 66.2 Å². The van der Waals surface area contributed by atoms with Gasteiger partial charge in [-0.2, -0.15) is 0 Å². The first-order valence-corrected chi connectivity index (χ1v) is 9.62. The molecule has 0 aliphatic carbocycles. The molecule has 1 aliphatic rings. The van der Waals surface area contributed by atoms with Crippen LogP contribution < -0.4 is 10.2 Å². The van der Waals surface area contributed by atoms with Crippen molar-refractivity contribution in [3.63, 3.8) is 0 Å². The Morgan fingerprint density at radius 2 is 1.48 bits per heavy atom. The molecule has 5 heteroatoms. The molecule has 1 N–H and O–H groups in total. The van der Waals surface area contributed by atoms with Crippen molar-refractivity contribution < 1.29 is 9.59 Å². The second-order valence-electron chi connectivity index (χ2n) is 6.93. The molecule has 0 aromatic heterocycles. The molecule has 0 saturated carbocycles. The van der Waals surface area contributed by atoms with E-state index in [1.165, 1.54) is 4.90 Å². The molecule has 3 aromatic rings. The molecule has 0 unspecified atom stereocenters. The highest BCUT2D eigenvalue weighted by atomic mass is 35.5. The monoisotopic (exact) mass is 402 g/mol. The molecule has 3 aromatic carbocycles. The van der Waals surface area contributed by atoms with Gasteiger partial charge >= 0.3 is 0 Å². The van der Waals surface area contributed by atoms with Crippen LogP contribution in [0.4, 0.5) is 11.4 Å². The van der Waals surface area contributed by atoms with Crippen molar-refractivity contribution in [3.05, 3.63) is 100 Å². The number of nitrogens with zero attached hydrogens (tertiary/aromatic N) is 1. The number of hydrogen-bond acceptors (Lipinski definition) is 3. The highest BCUT2D eigenvalue weighted by molar-refractivity contribution is 6.46. The zero-order valence-corrected chi connectivity index (χ0v) is 16.8. The lowest BCUT2D eigenvalue weighted by Gasteiger charge is -2.18. The van der Waals surface area contributed by atoms with E-state index in [9.17, 15) is 9.59 Å². The molecule has 4 nitrogen and oxygen atoms in total. The first kappa shape index (κ1) is 19.0. The third-order valence-electron chi connectivity index (χ3n) is 4.96. The number of halogens is 1. The number of benzene rings is 3. The fourth-order valence-electron chi connectivity index (χ4n) is 3.41. The van der Waals surface area contributed by atoms with E-state index in [4.69, 9.17) is 11.6 Å². The summed E-state index contributed by atoms with van der Waals surface area (Å²) >= 11 is 6.15. The number of aryl methyl sites for hydroxylation is 2. The molecule has 0 saturated heterocycles. The summed E-state index contributed by atoms with van der Waals surface area (Å²) in [6, 6.07) is 22.1. The smallest absolute Gasteiger partial charge is 0.282 e. The van der Waals surface area contributed by atoms with Gasteiger partial charge in [-0.25, -0.2) is 4.90 Å². The van der Waals surface area contributed by atoms with Crippen LogP contribution in [0.2, 0.25) is 5.02 Å². The normalized spacial score (nSPS) is 14.0. The Morgan fingerprint density at radius 3 is 2.21 bits per heavy atom. The number of carbonyl (C=O) groups excluding carboxylic acids is 2. The van der Waals surface area contributed by atoms with Crippen LogP contribution in [-0.2, 0) is 9.59 Å². The molecule has 2 amide bonds. The van der Waals surface area contributed by atoms with Gasteiger partial charge in [0.1, 0.15) is 5.70 Å². The summed E-state index contributed by atoms with van der Waals surface area (Å²) < 4.78 is 0. The van der Waals surface area contributed by atoms with Gasteiger partial charge in [-0.3, -0.25) is 9.59 Å². The lowest BCUT2D eigenvalue weighted by molar-refractivity contribution is -0.120. The third-order valence-corrected chi connectivity index (χ3v) is 5.20. The summed E-state index contributed by atoms with van der Waals surface area (Å²) in [6.45, 7) is 3.80. The van der Waals surface area contributed by atoms with Gasteiger partial charge in [0.05, 0.1) is 11.3 Å². The summed E-state index contributed by atoms with van der Waals surface area (Å²) in [5.74, 6) is -0.773. The average Bonchev–Trinajstić information content (AvgIpc) is 2.96. The van der Waals surface area contributed by atoms with Crippen LogP contribution in [0.5, 0.6) is 0 Å². The van der Waals surface area contributed by atoms with Crippen LogP contribution in [-0.4, -0.2) is 11.8 Å². The number of amides is 2. The second-order valence-corrected chi connectivity index (χ2v) is 7.37. The lowest BCUT2D eigenvalue weighted by atomic mass is 10.0. The van der Waals surface area contributed by atoms with Crippen molar-refractivity contribution in [1.82, 2.24) is 0 Å². The highest BCUT2D eigenvalue weighted by Gasteiger charge is 2.40. The Bertz CT molecular complexity index is 1150. The molecule has 4 rings (SSSR count). The van der Waals surface area contributed by atoms with Crippen molar-refractivity contribution >= 4 is 40.4 Å². The first-order valence-electron chi connectivity index (χ1n) is 9.24. The molecule has 1 aliphatic heterocycles. The Balaban J connectivity index is 1.86. The highest BCUT2D eigenvalue weighted by Crippen LogP contribution is 2.36. The molecule has 144 valence electrons. The third kappa shape index (κ3) is 3.43. The molecular weight excluding hydrogens is 384 g/mol. The topological polar surface area (TPSA) is 49.4 Å². The van der Waals surface area contributed by atoms with Crippen LogP contribution >= 0.6 is 11.6 Å². The minimum atomic E-state index is -0.400. The molecule has 0 bridgehead atoms. The minimum Gasteiger partial charge on any atom is -0.350 e. The van der Waals surface area contributed by atoms with Crippen LogP contribution in [0.25, 0.3) is 5.57 Å². The van der Waals surface area contributed by atoms with Crippen molar-refractivity contribution in [3.8, 4) is 0 Å². The van der Waals surface area contributed by atoms with Gasteiger partial charge in [0.2, 0.25) is 0 Å². The summed E-state index contributed by atoms with van der Waals surface area (Å²) in [5, 5.41) is 3.67. The van der Waals surface area contributed by atoms with Crippen LogP contribution in [0, 0.1) is 13.8 Å². The summed E-state index contributed by atoms with van der Waals surface area (Å²) in [4.78, 5) is 28.0. The first-order chi connectivity index (χ1) is 14.0. The van der Waals surface area contributed by atoms with E-state index in [-0.39, 0.29) is 11.6 Å². The Kier molecular flexibility index (Phi) is 4.95. The standard InChI is InChI=1S/C24H19ClN2O2/c1-15-8-6-7-11-19(15)26-22-21(17-9-4-3-5-10-17)23(28)27(24(22)29)20-14-18(25)13-12-16(20)2/h3-14,26H,1-2H3. The Labute approximate surface area is 174 Å². The zero-order valence-electron chi connectivity index (χ0n) is 16.1. The maximum atomic E-state index is 13.4. The predicted molar refractivity (Wildman–Crippen MR) is 117 cm³/mol. The number of carbonyl (C=O) groups is 2. The number of para-hydroxylation sites is 1. The van der Waals surface area contributed by atoms with E-state index < -0.39 is 5.91 Å². The van der Waals surface area contributed by atoms with E-state index in [0.29, 0.717) is 21.8 Å². The second kappa shape index (κ2) is 7.57. The van der Waals surface area contributed by atoms with Gasteiger partial charge in [-0.05, 0) is 48.7 Å². The zero-order chi connectivity index (χ0) is 20.5. The van der Waals surface area contributed by atoms with E-state index >= 15 is 0 Å². The van der Waals surface area contributed by atoms with Crippen LogP contribution in [0.3, 0.4) is 0 Å². The average molecular weight is 403 g/mol. The fraction of sp³-hybridized carbons (Fsp3) is 0.0833.